The third-order valence-corrected chi connectivity index (χ3v) is 5.84. The van der Waals surface area contributed by atoms with E-state index in [2.05, 4.69) is 5.32 Å². The lowest BCUT2D eigenvalue weighted by atomic mass is 9.76. The molecule has 1 N–H and O–H groups in total. The Balaban J connectivity index is 1.80. The summed E-state index contributed by atoms with van der Waals surface area (Å²) in [5, 5.41) is 4.34. The largest absolute Gasteiger partial charge is 0.416 e. The monoisotopic (exact) mass is 383 g/mol. The SMILES string of the molecule is FC(F)(F)c1ccc2c(c1)[C@@H]1C=CC[C@@H]1[C@@H](c1cccc(Cl)c1Cl)N2. The third-order valence-electron chi connectivity index (χ3n) is 5.01. The van der Waals surface area contributed by atoms with E-state index < -0.39 is 11.7 Å². The van der Waals surface area contributed by atoms with Gasteiger partial charge in [0.05, 0.1) is 21.7 Å². The van der Waals surface area contributed by atoms with Crippen molar-refractivity contribution in [2.75, 3.05) is 5.32 Å². The lowest BCUT2D eigenvalue weighted by Gasteiger charge is -2.38. The number of alkyl halides is 3. The number of allylic oxidation sites excluding steroid dienone is 2. The molecule has 2 aliphatic rings. The van der Waals surface area contributed by atoms with Crippen molar-refractivity contribution in [1.29, 1.82) is 0 Å². The smallest absolute Gasteiger partial charge is 0.378 e. The number of anilines is 1. The van der Waals surface area contributed by atoms with Gasteiger partial charge in [-0.25, -0.2) is 0 Å². The maximum Gasteiger partial charge on any atom is 0.416 e. The van der Waals surface area contributed by atoms with E-state index in [1.807, 2.05) is 24.3 Å². The molecule has 25 heavy (non-hydrogen) atoms. The van der Waals surface area contributed by atoms with Gasteiger partial charge in [-0.3, -0.25) is 0 Å². The van der Waals surface area contributed by atoms with Gasteiger partial charge in [0.25, 0.3) is 0 Å². The normalized spacial score (nSPS) is 24.6. The zero-order valence-corrected chi connectivity index (χ0v) is 14.5. The number of nitrogens with one attached hydrogen (secondary N) is 1. The van der Waals surface area contributed by atoms with E-state index in [-0.39, 0.29) is 17.9 Å². The first-order valence-corrected chi connectivity index (χ1v) is 8.70. The van der Waals surface area contributed by atoms with Crippen molar-refractivity contribution < 1.29 is 13.2 Å². The van der Waals surface area contributed by atoms with Crippen LogP contribution in [0, 0.1) is 5.92 Å². The predicted molar refractivity (Wildman–Crippen MR) is 94.3 cm³/mol. The van der Waals surface area contributed by atoms with Crippen molar-refractivity contribution >= 4 is 28.9 Å². The molecule has 4 rings (SSSR count). The highest BCUT2D eigenvalue weighted by Crippen LogP contribution is 2.52. The van der Waals surface area contributed by atoms with Gasteiger partial charge in [-0.05, 0) is 47.7 Å². The molecule has 2 aromatic rings. The van der Waals surface area contributed by atoms with E-state index in [1.54, 1.807) is 6.07 Å². The van der Waals surface area contributed by atoms with Crippen LogP contribution in [0.3, 0.4) is 0 Å². The van der Waals surface area contributed by atoms with Gasteiger partial charge in [-0.1, -0.05) is 47.5 Å². The zero-order valence-electron chi connectivity index (χ0n) is 12.9. The Hall–Kier alpha value is -1.65. The molecule has 2 aromatic carbocycles. The van der Waals surface area contributed by atoms with Gasteiger partial charge >= 0.3 is 6.18 Å². The fourth-order valence-electron chi connectivity index (χ4n) is 3.84. The Morgan fingerprint density at radius 2 is 1.84 bits per heavy atom. The summed E-state index contributed by atoms with van der Waals surface area (Å²) in [4.78, 5) is 0. The Kier molecular flexibility index (Phi) is 4.00. The molecule has 0 fully saturated rings. The first-order valence-electron chi connectivity index (χ1n) is 7.94. The predicted octanol–water partition coefficient (Wildman–Crippen LogP) is 6.84. The minimum Gasteiger partial charge on any atom is -0.378 e. The summed E-state index contributed by atoms with van der Waals surface area (Å²) in [5.74, 6) is 0.0329. The summed E-state index contributed by atoms with van der Waals surface area (Å²) < 4.78 is 39.2. The first-order chi connectivity index (χ1) is 11.9. The topological polar surface area (TPSA) is 12.0 Å². The molecule has 0 aromatic heterocycles. The molecule has 0 unspecified atom stereocenters. The molecular weight excluding hydrogens is 370 g/mol. The number of benzene rings is 2. The average Bonchev–Trinajstić information content (AvgIpc) is 3.05. The van der Waals surface area contributed by atoms with Gasteiger partial charge in [-0.2, -0.15) is 13.2 Å². The fourth-order valence-corrected chi connectivity index (χ4v) is 4.26. The first kappa shape index (κ1) is 16.8. The second-order valence-corrected chi connectivity index (χ2v) is 7.20. The summed E-state index contributed by atoms with van der Waals surface area (Å²) in [5.41, 5.74) is 1.65. The molecule has 0 saturated heterocycles. The number of fused-ring (bicyclic) bond motifs is 3. The van der Waals surface area contributed by atoms with Crippen molar-refractivity contribution in [3.63, 3.8) is 0 Å². The molecule has 130 valence electrons. The summed E-state index contributed by atoms with van der Waals surface area (Å²) in [6, 6.07) is 9.25. The van der Waals surface area contributed by atoms with E-state index in [1.165, 1.54) is 12.1 Å². The van der Waals surface area contributed by atoms with Gasteiger partial charge in [0.2, 0.25) is 0 Å². The van der Waals surface area contributed by atoms with E-state index in [0.717, 1.165) is 18.1 Å². The standard InChI is InChI=1S/C19H14Cl2F3N/c20-15-6-2-5-13(17(15)21)18-12-4-1-3-11(12)14-9-10(19(22,23)24)7-8-16(14)25-18/h1-3,5-9,11-12,18,25H,4H2/t11-,12+,18+/m1/s1. The van der Waals surface area contributed by atoms with E-state index in [9.17, 15) is 13.2 Å². The van der Waals surface area contributed by atoms with Crippen LogP contribution in [-0.4, -0.2) is 0 Å². The second-order valence-electron chi connectivity index (χ2n) is 6.42. The summed E-state index contributed by atoms with van der Waals surface area (Å²) in [7, 11) is 0. The number of hydrogen-bond acceptors (Lipinski definition) is 1. The van der Waals surface area contributed by atoms with Gasteiger partial charge in [0, 0.05) is 11.6 Å². The highest BCUT2D eigenvalue weighted by molar-refractivity contribution is 6.42. The van der Waals surface area contributed by atoms with Crippen LogP contribution in [0.5, 0.6) is 0 Å². The van der Waals surface area contributed by atoms with Crippen LogP contribution in [0.2, 0.25) is 10.0 Å². The van der Waals surface area contributed by atoms with Crippen molar-refractivity contribution in [2.45, 2.75) is 24.6 Å². The molecule has 3 atom stereocenters. The lowest BCUT2D eigenvalue weighted by Crippen LogP contribution is -2.29. The summed E-state index contributed by atoms with van der Waals surface area (Å²) in [6.07, 6.45) is 0.453. The van der Waals surface area contributed by atoms with Crippen molar-refractivity contribution in [3.05, 3.63) is 75.3 Å². The third kappa shape index (κ3) is 2.81. The van der Waals surface area contributed by atoms with Crippen molar-refractivity contribution in [3.8, 4) is 0 Å². The molecule has 0 amide bonds. The van der Waals surface area contributed by atoms with Crippen molar-refractivity contribution in [1.82, 2.24) is 0 Å². The molecule has 0 bridgehead atoms. The molecular formula is C19H14Cl2F3N. The quantitative estimate of drug-likeness (QED) is 0.531. The van der Waals surface area contributed by atoms with Gasteiger partial charge in [0.15, 0.2) is 0 Å². The molecule has 1 nitrogen and oxygen atoms in total. The molecule has 0 spiro atoms. The van der Waals surface area contributed by atoms with Gasteiger partial charge in [0.1, 0.15) is 0 Å². The van der Waals surface area contributed by atoms with Gasteiger partial charge in [-0.15, -0.1) is 0 Å². The average molecular weight is 384 g/mol. The fraction of sp³-hybridized carbons (Fsp3) is 0.263. The van der Waals surface area contributed by atoms with Crippen LogP contribution < -0.4 is 5.32 Å². The molecule has 0 saturated carbocycles. The second kappa shape index (κ2) is 5.96. The van der Waals surface area contributed by atoms with E-state index in [0.29, 0.717) is 21.3 Å². The highest BCUT2D eigenvalue weighted by Gasteiger charge is 2.40. The number of halogens is 5. The minimum absolute atomic E-state index is 0.0707. The van der Waals surface area contributed by atoms with E-state index in [4.69, 9.17) is 23.2 Å². The van der Waals surface area contributed by atoms with Crippen LogP contribution >= 0.6 is 23.2 Å². The maximum atomic E-state index is 13.1. The van der Waals surface area contributed by atoms with Crippen LogP contribution in [-0.2, 0) is 6.18 Å². The molecule has 1 aliphatic carbocycles. The molecule has 0 radical (unpaired) electrons. The van der Waals surface area contributed by atoms with Crippen LogP contribution in [0.4, 0.5) is 18.9 Å². The Morgan fingerprint density at radius 1 is 1.04 bits per heavy atom. The number of rotatable bonds is 1. The minimum atomic E-state index is -4.35. The maximum absolute atomic E-state index is 13.1. The Labute approximate surface area is 153 Å². The summed E-state index contributed by atoms with van der Waals surface area (Å²) in [6.45, 7) is 0. The highest BCUT2D eigenvalue weighted by atomic mass is 35.5. The summed E-state index contributed by atoms with van der Waals surface area (Å²) >= 11 is 12.5. The lowest BCUT2D eigenvalue weighted by molar-refractivity contribution is -0.137. The van der Waals surface area contributed by atoms with Gasteiger partial charge < -0.3 is 5.32 Å². The Morgan fingerprint density at radius 3 is 2.60 bits per heavy atom. The van der Waals surface area contributed by atoms with Crippen LogP contribution in [0.15, 0.2) is 48.6 Å². The Bertz CT molecular complexity index is 860. The van der Waals surface area contributed by atoms with E-state index >= 15 is 0 Å². The molecule has 6 heteroatoms. The van der Waals surface area contributed by atoms with Crippen LogP contribution in [0.1, 0.15) is 35.1 Å². The molecule has 1 heterocycles. The molecule has 1 aliphatic heterocycles. The van der Waals surface area contributed by atoms with Crippen molar-refractivity contribution in [2.24, 2.45) is 5.92 Å². The zero-order chi connectivity index (χ0) is 17.8. The number of hydrogen-bond donors (Lipinski definition) is 1. The van der Waals surface area contributed by atoms with Crippen LogP contribution in [0.25, 0.3) is 0 Å².